The van der Waals surface area contributed by atoms with Gasteiger partial charge in [-0.1, -0.05) is 30.3 Å². The molecular formula is C10H14ClN5S2. The van der Waals surface area contributed by atoms with Crippen LogP contribution in [0.2, 0.25) is 4.34 Å². The Morgan fingerprint density at radius 2 is 2.39 bits per heavy atom. The summed E-state index contributed by atoms with van der Waals surface area (Å²) < 4.78 is 2.64. The Morgan fingerprint density at radius 1 is 1.50 bits per heavy atom. The Kier molecular flexibility index (Phi) is 5.43. The van der Waals surface area contributed by atoms with Gasteiger partial charge in [-0.25, -0.2) is 4.68 Å². The van der Waals surface area contributed by atoms with Crippen LogP contribution in [0.5, 0.6) is 0 Å². The molecule has 0 saturated carbocycles. The second-order valence-electron chi connectivity index (χ2n) is 3.53. The van der Waals surface area contributed by atoms with E-state index in [0.29, 0.717) is 0 Å². The normalized spacial score (nSPS) is 11.0. The van der Waals surface area contributed by atoms with Crippen molar-refractivity contribution in [1.29, 1.82) is 0 Å². The van der Waals surface area contributed by atoms with Gasteiger partial charge in [0.05, 0.1) is 10.9 Å². The van der Waals surface area contributed by atoms with Gasteiger partial charge < -0.3 is 5.32 Å². The van der Waals surface area contributed by atoms with E-state index in [9.17, 15) is 0 Å². The van der Waals surface area contributed by atoms with Crippen LogP contribution < -0.4 is 5.32 Å². The van der Waals surface area contributed by atoms with Crippen LogP contribution >= 0.6 is 34.7 Å². The monoisotopic (exact) mass is 303 g/mol. The molecule has 0 fully saturated rings. The van der Waals surface area contributed by atoms with Gasteiger partial charge in [-0.05, 0) is 29.1 Å². The zero-order valence-electron chi connectivity index (χ0n) is 9.97. The number of nitrogens with zero attached hydrogens (tertiary/aromatic N) is 4. The highest BCUT2D eigenvalue weighted by atomic mass is 35.5. The first-order valence-electron chi connectivity index (χ1n) is 5.63. The topological polar surface area (TPSA) is 55.6 Å². The van der Waals surface area contributed by atoms with E-state index in [2.05, 4.69) is 27.8 Å². The summed E-state index contributed by atoms with van der Waals surface area (Å²) in [7, 11) is 0. The number of halogens is 1. The Morgan fingerprint density at radius 3 is 3.11 bits per heavy atom. The molecule has 0 spiro atoms. The molecule has 2 rings (SSSR count). The molecule has 2 aromatic heterocycles. The van der Waals surface area contributed by atoms with E-state index in [1.54, 1.807) is 23.1 Å². The summed E-state index contributed by atoms with van der Waals surface area (Å²) >= 11 is 9.11. The summed E-state index contributed by atoms with van der Waals surface area (Å²) in [5, 5.41) is 15.8. The Hall–Kier alpha value is -0.630. The van der Waals surface area contributed by atoms with Gasteiger partial charge in [0, 0.05) is 17.2 Å². The lowest BCUT2D eigenvalue weighted by atomic mass is 10.5. The lowest BCUT2D eigenvalue weighted by Gasteiger charge is -2.03. The minimum Gasteiger partial charge on any atom is -0.315 e. The van der Waals surface area contributed by atoms with Crippen molar-refractivity contribution in [3.8, 4) is 0 Å². The number of rotatable bonds is 7. The number of tetrazole rings is 1. The second-order valence-corrected chi connectivity index (χ2v) is 6.27. The highest BCUT2D eigenvalue weighted by Gasteiger charge is 2.07. The molecule has 5 nitrogen and oxygen atoms in total. The largest absolute Gasteiger partial charge is 0.315 e. The fourth-order valence-electron chi connectivity index (χ4n) is 1.37. The van der Waals surface area contributed by atoms with Crippen molar-refractivity contribution >= 4 is 34.7 Å². The van der Waals surface area contributed by atoms with Gasteiger partial charge in [-0.15, -0.1) is 16.4 Å². The Labute approximate surface area is 119 Å². The molecule has 18 heavy (non-hydrogen) atoms. The van der Waals surface area contributed by atoms with Crippen LogP contribution in [-0.4, -0.2) is 33.3 Å². The average Bonchev–Trinajstić information content (AvgIpc) is 2.96. The zero-order valence-corrected chi connectivity index (χ0v) is 12.4. The van der Waals surface area contributed by atoms with Gasteiger partial charge in [-0.2, -0.15) is 0 Å². The van der Waals surface area contributed by atoms with Crippen molar-refractivity contribution in [2.45, 2.75) is 24.4 Å². The number of hydrogen-bond acceptors (Lipinski definition) is 6. The van der Waals surface area contributed by atoms with Crippen LogP contribution in [0, 0.1) is 0 Å². The number of likely N-dealkylation sites (N-methyl/N-ethyl adjacent to an activating group) is 1. The Bertz CT molecular complexity index is 484. The van der Waals surface area contributed by atoms with Gasteiger partial charge in [0.25, 0.3) is 0 Å². The van der Waals surface area contributed by atoms with Crippen molar-refractivity contribution < 1.29 is 0 Å². The van der Waals surface area contributed by atoms with E-state index in [1.807, 2.05) is 16.8 Å². The van der Waals surface area contributed by atoms with Crippen LogP contribution in [0.4, 0.5) is 0 Å². The number of aromatic nitrogens is 4. The highest BCUT2D eigenvalue weighted by molar-refractivity contribution is 7.98. The first kappa shape index (κ1) is 13.8. The third-order valence-corrected chi connectivity index (χ3v) is 4.64. The molecule has 0 unspecified atom stereocenters. The molecule has 0 atom stereocenters. The lowest BCUT2D eigenvalue weighted by molar-refractivity contribution is 0.517. The van der Waals surface area contributed by atoms with Crippen molar-refractivity contribution in [2.75, 3.05) is 13.1 Å². The molecule has 2 heterocycles. The summed E-state index contributed by atoms with van der Waals surface area (Å²) in [5.74, 6) is 0.846. The van der Waals surface area contributed by atoms with Gasteiger partial charge in [0.2, 0.25) is 5.16 Å². The molecule has 0 aromatic carbocycles. The predicted octanol–water partition coefficient (Wildman–Crippen LogP) is 2.29. The van der Waals surface area contributed by atoms with E-state index in [4.69, 9.17) is 11.6 Å². The number of thioether (sulfide) groups is 1. The highest BCUT2D eigenvalue weighted by Crippen LogP contribution is 2.27. The van der Waals surface area contributed by atoms with Gasteiger partial charge >= 0.3 is 0 Å². The maximum absolute atomic E-state index is 5.89. The minimum absolute atomic E-state index is 0.786. The minimum atomic E-state index is 0.786. The molecule has 8 heteroatoms. The second kappa shape index (κ2) is 7.08. The summed E-state index contributed by atoms with van der Waals surface area (Å²) in [5.41, 5.74) is 0. The third-order valence-electron chi connectivity index (χ3n) is 2.22. The summed E-state index contributed by atoms with van der Waals surface area (Å²) in [6, 6.07) is 3.95. The van der Waals surface area contributed by atoms with Crippen LogP contribution in [-0.2, 0) is 12.3 Å². The standard InChI is InChI=1S/C10H14ClN5S2/c1-2-12-5-6-16-10(13-14-15-16)17-7-8-3-4-9(11)18-8/h3-4,12H,2,5-7H2,1H3. The summed E-state index contributed by atoms with van der Waals surface area (Å²) in [4.78, 5) is 1.23. The molecule has 0 amide bonds. The maximum Gasteiger partial charge on any atom is 0.209 e. The van der Waals surface area contributed by atoms with E-state index >= 15 is 0 Å². The van der Waals surface area contributed by atoms with E-state index in [-0.39, 0.29) is 0 Å². The van der Waals surface area contributed by atoms with Crippen LogP contribution in [0.1, 0.15) is 11.8 Å². The van der Waals surface area contributed by atoms with Gasteiger partial charge in [-0.3, -0.25) is 0 Å². The van der Waals surface area contributed by atoms with Gasteiger partial charge in [0.15, 0.2) is 0 Å². The molecule has 98 valence electrons. The molecule has 1 N–H and O–H groups in total. The predicted molar refractivity (Wildman–Crippen MR) is 75.3 cm³/mol. The SMILES string of the molecule is CCNCCn1nnnc1SCc1ccc(Cl)s1. The van der Waals surface area contributed by atoms with Crippen molar-refractivity contribution in [1.82, 2.24) is 25.5 Å². The first-order valence-corrected chi connectivity index (χ1v) is 7.81. The van der Waals surface area contributed by atoms with Crippen LogP contribution in [0.15, 0.2) is 17.3 Å². The van der Waals surface area contributed by atoms with Crippen molar-refractivity contribution in [2.24, 2.45) is 0 Å². The molecule has 0 aliphatic carbocycles. The van der Waals surface area contributed by atoms with E-state index in [1.165, 1.54) is 4.88 Å². The molecule has 0 radical (unpaired) electrons. The van der Waals surface area contributed by atoms with Crippen molar-refractivity contribution in [3.05, 3.63) is 21.3 Å². The smallest absolute Gasteiger partial charge is 0.209 e. The van der Waals surface area contributed by atoms with Gasteiger partial charge in [0.1, 0.15) is 0 Å². The van der Waals surface area contributed by atoms with E-state index in [0.717, 1.165) is 34.9 Å². The third kappa shape index (κ3) is 3.94. The molecule has 0 saturated heterocycles. The van der Waals surface area contributed by atoms with Crippen LogP contribution in [0.25, 0.3) is 0 Å². The van der Waals surface area contributed by atoms with Crippen molar-refractivity contribution in [3.63, 3.8) is 0 Å². The fraction of sp³-hybridized carbons (Fsp3) is 0.500. The molecule has 0 aliphatic heterocycles. The zero-order chi connectivity index (χ0) is 12.8. The molecule has 2 aromatic rings. The number of nitrogens with one attached hydrogen (secondary N) is 1. The number of thiophene rings is 1. The van der Waals surface area contributed by atoms with E-state index < -0.39 is 0 Å². The summed E-state index contributed by atoms with van der Waals surface area (Å²) in [6.45, 7) is 4.70. The molecular weight excluding hydrogens is 290 g/mol. The maximum atomic E-state index is 5.89. The number of hydrogen-bond donors (Lipinski definition) is 1. The summed E-state index contributed by atoms with van der Waals surface area (Å²) in [6.07, 6.45) is 0. The average molecular weight is 304 g/mol. The quantitative estimate of drug-likeness (QED) is 0.628. The Balaban J connectivity index is 1.87. The molecule has 0 bridgehead atoms. The fourth-order valence-corrected chi connectivity index (χ4v) is 3.40. The first-order chi connectivity index (χ1) is 8.79. The molecule has 0 aliphatic rings. The lowest BCUT2D eigenvalue weighted by Crippen LogP contribution is -2.20. The van der Waals surface area contributed by atoms with Crippen LogP contribution in [0.3, 0.4) is 0 Å².